The van der Waals surface area contributed by atoms with Gasteiger partial charge in [0.1, 0.15) is 0 Å². The SMILES string of the molecule is CC1(O)CCCN(Cc2cn3cccnc3n2)C1. The number of piperidine rings is 1. The highest BCUT2D eigenvalue weighted by Gasteiger charge is 2.28. The zero-order valence-electron chi connectivity index (χ0n) is 10.6. The first kappa shape index (κ1) is 11.6. The van der Waals surface area contributed by atoms with Crippen LogP contribution < -0.4 is 0 Å². The Kier molecular flexibility index (Phi) is 2.80. The molecule has 2 aromatic rings. The van der Waals surface area contributed by atoms with Gasteiger partial charge in [0.15, 0.2) is 0 Å². The first-order valence-electron chi connectivity index (χ1n) is 6.36. The second-order valence-electron chi connectivity index (χ2n) is 5.37. The first-order valence-corrected chi connectivity index (χ1v) is 6.36. The van der Waals surface area contributed by atoms with E-state index in [1.165, 1.54) is 0 Å². The Hall–Kier alpha value is -1.46. The number of aliphatic hydroxyl groups is 1. The summed E-state index contributed by atoms with van der Waals surface area (Å²) in [5.74, 6) is 0.733. The van der Waals surface area contributed by atoms with E-state index in [-0.39, 0.29) is 0 Å². The highest BCUT2D eigenvalue weighted by molar-refractivity contribution is 5.29. The molecule has 3 rings (SSSR count). The smallest absolute Gasteiger partial charge is 0.233 e. The van der Waals surface area contributed by atoms with Crippen molar-refractivity contribution in [2.75, 3.05) is 13.1 Å². The molecule has 1 aliphatic rings. The van der Waals surface area contributed by atoms with Gasteiger partial charge < -0.3 is 5.11 Å². The van der Waals surface area contributed by atoms with Crippen LogP contribution in [0.3, 0.4) is 0 Å². The molecule has 18 heavy (non-hydrogen) atoms. The maximum absolute atomic E-state index is 10.1. The van der Waals surface area contributed by atoms with Gasteiger partial charge >= 0.3 is 0 Å². The Morgan fingerprint density at radius 3 is 3.17 bits per heavy atom. The second-order valence-corrected chi connectivity index (χ2v) is 5.37. The topological polar surface area (TPSA) is 53.7 Å². The summed E-state index contributed by atoms with van der Waals surface area (Å²) in [6.07, 6.45) is 7.63. The minimum absolute atomic E-state index is 0.560. The third-order valence-corrected chi connectivity index (χ3v) is 3.42. The van der Waals surface area contributed by atoms with Crippen molar-refractivity contribution in [3.05, 3.63) is 30.4 Å². The van der Waals surface area contributed by atoms with E-state index in [1.807, 2.05) is 29.8 Å². The van der Waals surface area contributed by atoms with Gasteiger partial charge in [0, 0.05) is 31.7 Å². The maximum atomic E-state index is 10.1. The number of hydrogen-bond acceptors (Lipinski definition) is 4. The summed E-state index contributed by atoms with van der Waals surface area (Å²) in [5.41, 5.74) is 0.446. The first-order chi connectivity index (χ1) is 8.62. The molecule has 1 atom stereocenters. The molecule has 1 aliphatic heterocycles. The molecule has 1 unspecified atom stereocenters. The van der Waals surface area contributed by atoms with Crippen molar-refractivity contribution in [3.8, 4) is 0 Å². The van der Waals surface area contributed by atoms with Gasteiger partial charge in [-0.15, -0.1) is 0 Å². The lowest BCUT2D eigenvalue weighted by Crippen LogP contribution is -2.45. The van der Waals surface area contributed by atoms with Crippen LogP contribution in [0.25, 0.3) is 5.78 Å². The lowest BCUT2D eigenvalue weighted by molar-refractivity contribution is -0.0184. The van der Waals surface area contributed by atoms with Crippen LogP contribution in [0.5, 0.6) is 0 Å². The molecular weight excluding hydrogens is 228 g/mol. The third kappa shape index (κ3) is 2.37. The Morgan fingerprint density at radius 1 is 1.50 bits per heavy atom. The third-order valence-electron chi connectivity index (χ3n) is 3.42. The molecule has 3 heterocycles. The number of rotatable bonds is 2. The summed E-state index contributed by atoms with van der Waals surface area (Å²) in [5, 5.41) is 10.1. The minimum atomic E-state index is -0.560. The van der Waals surface area contributed by atoms with Gasteiger partial charge in [-0.25, -0.2) is 9.97 Å². The Morgan fingerprint density at radius 2 is 2.39 bits per heavy atom. The quantitative estimate of drug-likeness (QED) is 0.861. The molecule has 1 N–H and O–H groups in total. The average Bonchev–Trinajstić information content (AvgIpc) is 2.69. The molecule has 0 spiro atoms. The fourth-order valence-electron chi connectivity index (χ4n) is 2.64. The molecule has 0 saturated carbocycles. The molecule has 2 aromatic heterocycles. The van der Waals surface area contributed by atoms with Gasteiger partial charge in [-0.3, -0.25) is 9.30 Å². The molecule has 96 valence electrons. The molecule has 0 amide bonds. The van der Waals surface area contributed by atoms with Gasteiger partial charge in [-0.2, -0.15) is 0 Å². The summed E-state index contributed by atoms with van der Waals surface area (Å²) in [7, 11) is 0. The Bertz CT molecular complexity index is 516. The summed E-state index contributed by atoms with van der Waals surface area (Å²) < 4.78 is 1.93. The van der Waals surface area contributed by atoms with Gasteiger partial charge in [0.05, 0.1) is 11.3 Å². The van der Waals surface area contributed by atoms with Crippen molar-refractivity contribution in [2.24, 2.45) is 0 Å². The molecule has 5 nitrogen and oxygen atoms in total. The number of aromatic nitrogens is 3. The number of likely N-dealkylation sites (tertiary alicyclic amines) is 1. The van der Waals surface area contributed by atoms with Gasteiger partial charge in [0.2, 0.25) is 5.78 Å². The predicted molar refractivity (Wildman–Crippen MR) is 68.1 cm³/mol. The fraction of sp³-hybridized carbons (Fsp3) is 0.538. The van der Waals surface area contributed by atoms with Crippen LogP contribution in [0, 0.1) is 0 Å². The van der Waals surface area contributed by atoms with Crippen molar-refractivity contribution < 1.29 is 5.11 Å². The van der Waals surface area contributed by atoms with Gasteiger partial charge in [0.25, 0.3) is 0 Å². The van der Waals surface area contributed by atoms with Crippen LogP contribution in [0.15, 0.2) is 24.7 Å². The van der Waals surface area contributed by atoms with Crippen LogP contribution in [0.1, 0.15) is 25.5 Å². The fourth-order valence-corrected chi connectivity index (χ4v) is 2.64. The Balaban J connectivity index is 1.76. The zero-order valence-corrected chi connectivity index (χ0v) is 10.6. The van der Waals surface area contributed by atoms with Crippen LogP contribution in [0.2, 0.25) is 0 Å². The number of β-amino-alcohol motifs (C(OH)–C–C–N with tert-alkyl or cyclic N) is 1. The van der Waals surface area contributed by atoms with Crippen molar-refractivity contribution in [2.45, 2.75) is 31.9 Å². The van der Waals surface area contributed by atoms with Gasteiger partial charge in [-0.05, 0) is 32.4 Å². The van der Waals surface area contributed by atoms with E-state index in [0.29, 0.717) is 6.54 Å². The van der Waals surface area contributed by atoms with E-state index in [9.17, 15) is 5.11 Å². The lowest BCUT2D eigenvalue weighted by Gasteiger charge is -2.36. The van der Waals surface area contributed by atoms with E-state index in [4.69, 9.17) is 0 Å². The molecular formula is C13H18N4O. The molecule has 0 bridgehead atoms. The number of nitrogens with zero attached hydrogens (tertiary/aromatic N) is 4. The summed E-state index contributed by atoms with van der Waals surface area (Å²) in [6.45, 7) is 4.43. The molecule has 5 heteroatoms. The van der Waals surface area contributed by atoms with Crippen LogP contribution >= 0.6 is 0 Å². The van der Waals surface area contributed by atoms with E-state index in [2.05, 4.69) is 14.9 Å². The summed E-state index contributed by atoms with van der Waals surface area (Å²) in [4.78, 5) is 10.9. The van der Waals surface area contributed by atoms with Crippen molar-refractivity contribution in [1.29, 1.82) is 0 Å². The number of hydrogen-bond donors (Lipinski definition) is 1. The molecule has 0 aromatic carbocycles. The van der Waals surface area contributed by atoms with Crippen molar-refractivity contribution >= 4 is 5.78 Å². The zero-order chi connectivity index (χ0) is 12.6. The largest absolute Gasteiger partial charge is 0.389 e. The molecule has 0 aliphatic carbocycles. The van der Waals surface area contributed by atoms with E-state index >= 15 is 0 Å². The molecule has 1 fully saturated rings. The van der Waals surface area contributed by atoms with E-state index in [0.717, 1.165) is 37.4 Å². The highest BCUT2D eigenvalue weighted by atomic mass is 16.3. The summed E-state index contributed by atoms with van der Waals surface area (Å²) in [6, 6.07) is 1.89. The number of imidazole rings is 1. The van der Waals surface area contributed by atoms with Gasteiger partial charge in [-0.1, -0.05) is 0 Å². The predicted octanol–water partition coefficient (Wildman–Crippen LogP) is 1.08. The van der Waals surface area contributed by atoms with Crippen LogP contribution in [0.4, 0.5) is 0 Å². The minimum Gasteiger partial charge on any atom is -0.389 e. The second kappa shape index (κ2) is 4.33. The maximum Gasteiger partial charge on any atom is 0.233 e. The van der Waals surface area contributed by atoms with E-state index in [1.54, 1.807) is 6.20 Å². The monoisotopic (exact) mass is 246 g/mol. The molecule has 0 radical (unpaired) electrons. The average molecular weight is 246 g/mol. The van der Waals surface area contributed by atoms with Crippen molar-refractivity contribution in [1.82, 2.24) is 19.3 Å². The van der Waals surface area contributed by atoms with Crippen LogP contribution in [-0.2, 0) is 6.54 Å². The number of fused-ring (bicyclic) bond motifs is 1. The Labute approximate surface area is 106 Å². The normalized spacial score (nSPS) is 25.7. The van der Waals surface area contributed by atoms with Crippen molar-refractivity contribution in [3.63, 3.8) is 0 Å². The van der Waals surface area contributed by atoms with E-state index < -0.39 is 5.60 Å². The lowest BCUT2D eigenvalue weighted by atomic mass is 9.95. The standard InChI is InChI=1S/C13H18N4O/c1-13(18)4-2-6-16(10-13)8-11-9-17-7-3-5-14-12(17)15-11/h3,5,7,9,18H,2,4,6,8,10H2,1H3. The summed E-state index contributed by atoms with van der Waals surface area (Å²) >= 11 is 0. The molecule has 1 saturated heterocycles. The van der Waals surface area contributed by atoms with Crippen LogP contribution in [-0.4, -0.2) is 43.1 Å². The highest BCUT2D eigenvalue weighted by Crippen LogP contribution is 2.21.